The number of carboxylic acids is 1. The molecule has 0 aliphatic rings. The number of carbonyl (C=O) groups is 1. The van der Waals surface area contributed by atoms with Crippen molar-refractivity contribution in [3.63, 3.8) is 0 Å². The molecule has 0 radical (unpaired) electrons. The zero-order chi connectivity index (χ0) is 13.1. The molecule has 94 valence electrons. The van der Waals surface area contributed by atoms with Crippen molar-refractivity contribution < 1.29 is 18.3 Å². The summed E-state index contributed by atoms with van der Waals surface area (Å²) in [6.07, 6.45) is 0. The van der Waals surface area contributed by atoms with Crippen molar-refractivity contribution in [1.82, 2.24) is 4.72 Å². The van der Waals surface area contributed by atoms with Crippen LogP contribution >= 0.6 is 11.6 Å². The molecule has 0 bridgehead atoms. The van der Waals surface area contributed by atoms with Crippen LogP contribution in [0.25, 0.3) is 0 Å². The quantitative estimate of drug-likeness (QED) is 0.852. The average molecular weight is 278 g/mol. The molecule has 17 heavy (non-hydrogen) atoms. The number of rotatable bonds is 5. The van der Waals surface area contributed by atoms with Gasteiger partial charge in [-0.2, -0.15) is 0 Å². The van der Waals surface area contributed by atoms with Gasteiger partial charge < -0.3 is 5.11 Å². The van der Waals surface area contributed by atoms with Gasteiger partial charge in [-0.05, 0) is 18.6 Å². The summed E-state index contributed by atoms with van der Waals surface area (Å²) in [6, 6.07) is 6.19. The van der Waals surface area contributed by atoms with Gasteiger partial charge in [-0.15, -0.1) is 0 Å². The van der Waals surface area contributed by atoms with Crippen LogP contribution in [0.15, 0.2) is 24.3 Å². The third kappa shape index (κ3) is 4.33. The Labute approximate surface area is 104 Å². The number of halogens is 1. The topological polar surface area (TPSA) is 83.5 Å². The number of sulfonamides is 1. The average Bonchev–Trinajstić information content (AvgIpc) is 2.14. The number of nitrogens with one attached hydrogen (secondary N) is 1. The normalized spacial score (nSPS) is 13.3. The Bertz CT molecular complexity index is 515. The maximum absolute atomic E-state index is 11.4. The first-order valence-corrected chi connectivity index (χ1v) is 6.81. The fourth-order valence-corrected chi connectivity index (χ4v) is 2.74. The van der Waals surface area contributed by atoms with E-state index < -0.39 is 27.8 Å². The fourth-order valence-electron chi connectivity index (χ4n) is 1.36. The van der Waals surface area contributed by atoms with Crippen LogP contribution in [-0.2, 0) is 14.8 Å². The van der Waals surface area contributed by atoms with Crippen molar-refractivity contribution in [2.45, 2.75) is 13.0 Å². The molecule has 0 amide bonds. The summed E-state index contributed by atoms with van der Waals surface area (Å²) in [4.78, 5) is 10.4. The first kappa shape index (κ1) is 14.0. The zero-order valence-corrected chi connectivity index (χ0v) is 10.6. The van der Waals surface area contributed by atoms with Gasteiger partial charge in [0.2, 0.25) is 10.0 Å². The smallest absolute Gasteiger partial charge is 0.320 e. The van der Waals surface area contributed by atoms with Crippen molar-refractivity contribution in [2.75, 3.05) is 5.75 Å². The molecule has 0 aliphatic heterocycles. The third-order valence-electron chi connectivity index (χ3n) is 2.04. The van der Waals surface area contributed by atoms with Gasteiger partial charge in [-0.1, -0.05) is 29.8 Å². The highest BCUT2D eigenvalue weighted by Gasteiger charge is 2.20. The van der Waals surface area contributed by atoms with Gasteiger partial charge in [-0.25, -0.2) is 13.1 Å². The monoisotopic (exact) mass is 277 g/mol. The van der Waals surface area contributed by atoms with E-state index in [1.54, 1.807) is 31.2 Å². The number of hydrogen-bond acceptors (Lipinski definition) is 3. The largest absolute Gasteiger partial charge is 0.480 e. The second kappa shape index (κ2) is 5.48. The summed E-state index contributed by atoms with van der Waals surface area (Å²) in [5.41, 5.74) is 0.600. The molecule has 0 spiro atoms. The maximum Gasteiger partial charge on any atom is 0.320 e. The molecule has 1 atom stereocenters. The van der Waals surface area contributed by atoms with Crippen molar-refractivity contribution in [2.24, 2.45) is 0 Å². The van der Waals surface area contributed by atoms with E-state index in [4.69, 9.17) is 16.7 Å². The summed E-state index contributed by atoms with van der Waals surface area (Å²) in [6.45, 7) is 1.60. The lowest BCUT2D eigenvalue weighted by molar-refractivity contribution is -0.134. The zero-order valence-electron chi connectivity index (χ0n) is 9.05. The van der Waals surface area contributed by atoms with Crippen LogP contribution in [-0.4, -0.2) is 25.2 Å². The van der Waals surface area contributed by atoms with Crippen LogP contribution in [0.4, 0.5) is 0 Å². The first-order valence-electron chi connectivity index (χ1n) is 4.78. The SMILES string of the molecule is C[C@H](NS(=O)(=O)CC(=O)O)c1ccccc1Cl. The van der Waals surface area contributed by atoms with E-state index in [0.29, 0.717) is 10.6 Å². The Morgan fingerprint density at radius 2 is 2.06 bits per heavy atom. The molecule has 1 rings (SSSR count). The molecule has 2 N–H and O–H groups in total. The van der Waals surface area contributed by atoms with Gasteiger partial charge in [-0.3, -0.25) is 4.79 Å². The van der Waals surface area contributed by atoms with E-state index in [-0.39, 0.29) is 0 Å². The highest BCUT2D eigenvalue weighted by atomic mass is 35.5. The highest BCUT2D eigenvalue weighted by molar-refractivity contribution is 7.90. The number of benzene rings is 1. The maximum atomic E-state index is 11.4. The molecule has 0 heterocycles. The second-order valence-corrected chi connectivity index (χ2v) is 5.67. The molecule has 0 saturated heterocycles. The molecule has 0 aliphatic carbocycles. The summed E-state index contributed by atoms with van der Waals surface area (Å²) >= 11 is 5.90. The Morgan fingerprint density at radius 1 is 1.47 bits per heavy atom. The predicted molar refractivity (Wildman–Crippen MR) is 64.4 cm³/mol. The number of aliphatic carboxylic acids is 1. The molecular weight excluding hydrogens is 266 g/mol. The van der Waals surface area contributed by atoms with Crippen LogP contribution in [0.5, 0.6) is 0 Å². The lowest BCUT2D eigenvalue weighted by Gasteiger charge is -2.14. The Morgan fingerprint density at radius 3 is 2.59 bits per heavy atom. The number of carboxylic acid groups (broad SMARTS) is 1. The Balaban J connectivity index is 2.83. The molecule has 1 aromatic carbocycles. The van der Waals surface area contributed by atoms with Gasteiger partial charge in [0.1, 0.15) is 0 Å². The molecule has 0 aromatic heterocycles. The summed E-state index contributed by atoms with van der Waals surface area (Å²) in [7, 11) is -3.85. The van der Waals surface area contributed by atoms with E-state index in [9.17, 15) is 13.2 Å². The van der Waals surface area contributed by atoms with Gasteiger partial charge in [0.15, 0.2) is 5.75 Å². The van der Waals surface area contributed by atoms with Crippen LogP contribution in [0, 0.1) is 0 Å². The van der Waals surface area contributed by atoms with Crippen molar-refractivity contribution in [1.29, 1.82) is 0 Å². The molecule has 0 fully saturated rings. The van der Waals surface area contributed by atoms with E-state index in [1.165, 1.54) is 0 Å². The van der Waals surface area contributed by atoms with Crippen molar-refractivity contribution in [3.8, 4) is 0 Å². The van der Waals surface area contributed by atoms with Crippen LogP contribution in [0.2, 0.25) is 5.02 Å². The molecular formula is C10H12ClNO4S. The van der Waals surface area contributed by atoms with E-state index in [0.717, 1.165) is 0 Å². The second-order valence-electron chi connectivity index (χ2n) is 3.51. The van der Waals surface area contributed by atoms with Crippen LogP contribution in [0.1, 0.15) is 18.5 Å². The number of hydrogen-bond donors (Lipinski definition) is 2. The molecule has 5 nitrogen and oxygen atoms in total. The minimum Gasteiger partial charge on any atom is -0.480 e. The van der Waals surface area contributed by atoms with Crippen molar-refractivity contribution in [3.05, 3.63) is 34.9 Å². The van der Waals surface area contributed by atoms with Crippen molar-refractivity contribution >= 4 is 27.6 Å². The third-order valence-corrected chi connectivity index (χ3v) is 3.73. The molecule has 0 saturated carbocycles. The Kier molecular flexibility index (Phi) is 4.50. The minimum atomic E-state index is -3.85. The fraction of sp³-hybridized carbons (Fsp3) is 0.300. The summed E-state index contributed by atoms with van der Waals surface area (Å²) in [5, 5.41) is 8.87. The van der Waals surface area contributed by atoms with E-state index in [1.807, 2.05) is 0 Å². The van der Waals surface area contributed by atoms with Crippen LogP contribution in [0.3, 0.4) is 0 Å². The van der Waals surface area contributed by atoms with Gasteiger partial charge in [0, 0.05) is 11.1 Å². The van der Waals surface area contributed by atoms with Gasteiger partial charge in [0.05, 0.1) is 0 Å². The van der Waals surface area contributed by atoms with E-state index in [2.05, 4.69) is 4.72 Å². The lowest BCUT2D eigenvalue weighted by atomic mass is 10.1. The predicted octanol–water partition coefficient (Wildman–Crippen LogP) is 1.40. The minimum absolute atomic E-state index is 0.429. The van der Waals surface area contributed by atoms with E-state index >= 15 is 0 Å². The summed E-state index contributed by atoms with van der Waals surface area (Å²) < 4.78 is 25.1. The lowest BCUT2D eigenvalue weighted by Crippen LogP contribution is -2.32. The summed E-state index contributed by atoms with van der Waals surface area (Å²) in [5.74, 6) is -2.36. The first-order chi connectivity index (χ1) is 7.82. The molecule has 1 aromatic rings. The van der Waals surface area contributed by atoms with Crippen LogP contribution < -0.4 is 4.72 Å². The van der Waals surface area contributed by atoms with Gasteiger partial charge >= 0.3 is 5.97 Å². The highest BCUT2D eigenvalue weighted by Crippen LogP contribution is 2.22. The molecule has 0 unspecified atom stereocenters. The molecule has 7 heteroatoms. The standard InChI is InChI=1S/C10H12ClNO4S/c1-7(8-4-2-3-5-9(8)11)12-17(15,16)6-10(13)14/h2-5,7,12H,6H2,1H3,(H,13,14)/t7-/m0/s1. The Hall–Kier alpha value is -1.11. The van der Waals surface area contributed by atoms with Gasteiger partial charge in [0.25, 0.3) is 0 Å².